The van der Waals surface area contributed by atoms with Crippen molar-refractivity contribution < 1.29 is 24.6 Å². The normalized spacial score (nSPS) is 13.8. The number of carboxylic acid groups (broad SMARTS) is 1. The van der Waals surface area contributed by atoms with Crippen molar-refractivity contribution in [3.05, 3.63) is 104 Å². The van der Waals surface area contributed by atoms with Gasteiger partial charge in [0.1, 0.15) is 6.04 Å². The fourth-order valence-corrected chi connectivity index (χ4v) is 7.13. The van der Waals surface area contributed by atoms with Crippen LogP contribution in [0.1, 0.15) is 66.7 Å². The van der Waals surface area contributed by atoms with Gasteiger partial charge in [0.25, 0.3) is 0 Å². The molecule has 0 saturated carbocycles. The Kier molecular flexibility index (Phi) is 14.3. The van der Waals surface area contributed by atoms with Gasteiger partial charge in [-0.25, -0.2) is 14.6 Å². The number of hydrogen-bond acceptors (Lipinski definition) is 8. The SMILES string of the molecule is CC(C)c1nc(CN(C)C(=O)NC(C(=O)NC(Cc2ccccc2)CC(O)C(Cc2ccccc2)N(Cc2cncs2)C(=O)O)C(C)C)cs1. The van der Waals surface area contributed by atoms with Gasteiger partial charge in [0, 0.05) is 35.5 Å². The molecular formula is C37H48N6O5S2. The lowest BCUT2D eigenvalue weighted by molar-refractivity contribution is -0.125. The first-order chi connectivity index (χ1) is 23.9. The van der Waals surface area contributed by atoms with Gasteiger partial charge in [-0.05, 0) is 36.3 Å². The summed E-state index contributed by atoms with van der Waals surface area (Å²) in [6, 6.07) is 16.4. The number of rotatable bonds is 17. The molecule has 0 aliphatic heterocycles. The number of benzene rings is 2. The molecule has 13 heteroatoms. The third kappa shape index (κ3) is 11.4. The van der Waals surface area contributed by atoms with Crippen LogP contribution in [0.15, 0.2) is 77.8 Å². The van der Waals surface area contributed by atoms with E-state index in [0.29, 0.717) is 18.9 Å². The summed E-state index contributed by atoms with van der Waals surface area (Å²) < 4.78 is 0. The van der Waals surface area contributed by atoms with Crippen molar-refractivity contribution in [1.82, 2.24) is 30.4 Å². The van der Waals surface area contributed by atoms with Crippen molar-refractivity contribution in [3.63, 3.8) is 0 Å². The molecule has 0 bridgehead atoms. The minimum Gasteiger partial charge on any atom is -0.465 e. The summed E-state index contributed by atoms with van der Waals surface area (Å²) in [5, 5.41) is 31.2. The molecule has 0 radical (unpaired) electrons. The van der Waals surface area contributed by atoms with Crippen LogP contribution in [-0.4, -0.2) is 79.3 Å². The third-order valence-corrected chi connectivity index (χ3v) is 10.4. The van der Waals surface area contributed by atoms with Crippen molar-refractivity contribution in [2.24, 2.45) is 5.92 Å². The number of amides is 4. The highest BCUT2D eigenvalue weighted by atomic mass is 32.1. The Hall–Kier alpha value is -4.33. The van der Waals surface area contributed by atoms with Crippen molar-refractivity contribution >= 4 is 40.7 Å². The van der Waals surface area contributed by atoms with E-state index in [4.69, 9.17) is 0 Å². The number of hydrogen-bond donors (Lipinski definition) is 4. The van der Waals surface area contributed by atoms with Crippen LogP contribution in [0.2, 0.25) is 0 Å². The quantitative estimate of drug-likeness (QED) is 0.102. The Morgan fingerprint density at radius 3 is 2.06 bits per heavy atom. The Balaban J connectivity index is 1.54. The molecule has 4 aromatic rings. The second-order valence-corrected chi connectivity index (χ2v) is 15.1. The van der Waals surface area contributed by atoms with Gasteiger partial charge in [0.15, 0.2) is 0 Å². The van der Waals surface area contributed by atoms with Gasteiger partial charge in [-0.15, -0.1) is 22.7 Å². The summed E-state index contributed by atoms with van der Waals surface area (Å²) in [6.45, 7) is 8.24. The maximum atomic E-state index is 13.9. The third-order valence-electron chi connectivity index (χ3n) is 8.42. The first kappa shape index (κ1) is 38.5. The molecule has 11 nitrogen and oxygen atoms in total. The van der Waals surface area contributed by atoms with E-state index in [1.165, 1.54) is 21.1 Å². The predicted octanol–water partition coefficient (Wildman–Crippen LogP) is 6.16. The maximum absolute atomic E-state index is 13.9. The van der Waals surface area contributed by atoms with Crippen LogP contribution in [0.4, 0.5) is 9.59 Å². The highest BCUT2D eigenvalue weighted by Gasteiger charge is 2.34. The minimum atomic E-state index is -1.16. The number of carbonyl (C=O) groups excluding carboxylic acids is 2. The molecule has 4 rings (SSSR count). The lowest BCUT2D eigenvalue weighted by Gasteiger charge is -2.35. The summed E-state index contributed by atoms with van der Waals surface area (Å²) in [5.41, 5.74) is 4.25. The van der Waals surface area contributed by atoms with Gasteiger partial charge in [0.2, 0.25) is 5.91 Å². The summed E-state index contributed by atoms with van der Waals surface area (Å²) in [5.74, 6) is -0.331. The Labute approximate surface area is 302 Å². The Morgan fingerprint density at radius 2 is 1.52 bits per heavy atom. The highest BCUT2D eigenvalue weighted by Crippen LogP contribution is 2.23. The van der Waals surface area contributed by atoms with Gasteiger partial charge in [0.05, 0.1) is 41.4 Å². The molecule has 4 unspecified atom stereocenters. The van der Waals surface area contributed by atoms with Crippen LogP contribution in [0, 0.1) is 5.92 Å². The van der Waals surface area contributed by atoms with Crippen molar-refractivity contribution in [2.75, 3.05) is 7.05 Å². The number of thiazole rings is 2. The molecule has 0 aliphatic carbocycles. The molecule has 0 fully saturated rings. The number of nitrogens with zero attached hydrogens (tertiary/aromatic N) is 4. The van der Waals surface area contributed by atoms with Gasteiger partial charge < -0.3 is 25.7 Å². The summed E-state index contributed by atoms with van der Waals surface area (Å²) in [4.78, 5) is 52.1. The van der Waals surface area contributed by atoms with E-state index in [2.05, 4.69) is 34.4 Å². The minimum absolute atomic E-state index is 0.0684. The molecule has 0 aliphatic rings. The number of nitrogens with one attached hydrogen (secondary N) is 2. The molecule has 4 N–H and O–H groups in total. The van der Waals surface area contributed by atoms with E-state index >= 15 is 0 Å². The lowest BCUT2D eigenvalue weighted by atomic mass is 9.92. The molecule has 0 spiro atoms. The molecule has 268 valence electrons. The average molecular weight is 721 g/mol. The first-order valence-corrected chi connectivity index (χ1v) is 18.6. The molecule has 2 heterocycles. The monoisotopic (exact) mass is 720 g/mol. The molecule has 4 amide bonds. The topological polar surface area (TPSA) is 148 Å². The van der Waals surface area contributed by atoms with Crippen LogP contribution < -0.4 is 10.6 Å². The number of aromatic nitrogens is 2. The molecule has 50 heavy (non-hydrogen) atoms. The second-order valence-electron chi connectivity index (χ2n) is 13.2. The molecule has 2 aromatic carbocycles. The van der Waals surface area contributed by atoms with Crippen molar-refractivity contribution in [2.45, 2.75) is 90.2 Å². The zero-order valence-electron chi connectivity index (χ0n) is 29.2. The van der Waals surface area contributed by atoms with Crippen LogP contribution >= 0.6 is 22.7 Å². The second kappa shape index (κ2) is 18.6. The van der Waals surface area contributed by atoms with Crippen molar-refractivity contribution in [3.8, 4) is 0 Å². The standard InChI is InChI=1S/C37H48N6O5S2/c1-24(2)33(41-36(46)42(5)20-29-22-49-35(40-29)25(3)4)34(45)39-28(16-26-12-8-6-9-13-26)18-32(44)31(17-27-14-10-7-11-15-27)43(37(47)48)21-30-19-38-23-50-30/h6-15,19,22-25,28,31-33,44H,16-18,20-21H2,1-5H3,(H,39,45)(H,41,46)(H,47,48). The van der Waals surface area contributed by atoms with E-state index in [0.717, 1.165) is 26.7 Å². The number of urea groups is 1. The number of carbonyl (C=O) groups is 3. The zero-order chi connectivity index (χ0) is 36.2. The summed E-state index contributed by atoms with van der Waals surface area (Å²) >= 11 is 2.91. The summed E-state index contributed by atoms with van der Waals surface area (Å²) in [7, 11) is 1.67. The van der Waals surface area contributed by atoms with Gasteiger partial charge >= 0.3 is 12.1 Å². The van der Waals surface area contributed by atoms with E-state index in [1.807, 2.05) is 79.9 Å². The maximum Gasteiger partial charge on any atom is 0.407 e. The average Bonchev–Trinajstić information content (AvgIpc) is 3.78. The lowest BCUT2D eigenvalue weighted by Crippen LogP contribution is -2.56. The molecule has 2 aromatic heterocycles. The molecular weight excluding hydrogens is 673 g/mol. The predicted molar refractivity (Wildman–Crippen MR) is 197 cm³/mol. The zero-order valence-corrected chi connectivity index (χ0v) is 30.9. The van der Waals surface area contributed by atoms with E-state index in [9.17, 15) is 24.6 Å². The smallest absolute Gasteiger partial charge is 0.407 e. The van der Waals surface area contributed by atoms with E-state index in [-0.39, 0.29) is 31.2 Å². The van der Waals surface area contributed by atoms with E-state index in [1.54, 1.807) is 30.1 Å². The highest BCUT2D eigenvalue weighted by molar-refractivity contribution is 7.09. The van der Waals surface area contributed by atoms with Crippen LogP contribution in [0.3, 0.4) is 0 Å². The van der Waals surface area contributed by atoms with Crippen molar-refractivity contribution in [1.29, 1.82) is 0 Å². The fraction of sp³-hybridized carbons (Fsp3) is 0.432. The number of aliphatic hydroxyl groups excluding tert-OH is 1. The van der Waals surface area contributed by atoms with Crippen LogP contribution in [0.5, 0.6) is 0 Å². The Morgan fingerprint density at radius 1 is 0.880 bits per heavy atom. The fourth-order valence-electron chi connectivity index (χ4n) is 5.71. The first-order valence-electron chi connectivity index (χ1n) is 16.8. The largest absolute Gasteiger partial charge is 0.465 e. The van der Waals surface area contributed by atoms with Gasteiger partial charge in [-0.3, -0.25) is 14.7 Å². The summed E-state index contributed by atoms with van der Waals surface area (Å²) in [6.07, 6.45) is 0.0680. The van der Waals surface area contributed by atoms with Crippen LogP contribution in [-0.2, 0) is 30.7 Å². The Bertz CT molecular complexity index is 1630. The molecule has 0 saturated heterocycles. The number of aliphatic hydroxyl groups is 1. The van der Waals surface area contributed by atoms with Crippen LogP contribution in [0.25, 0.3) is 0 Å². The molecule has 4 atom stereocenters. The van der Waals surface area contributed by atoms with E-state index < -0.39 is 36.4 Å². The van der Waals surface area contributed by atoms with Gasteiger partial charge in [-0.2, -0.15) is 0 Å². The van der Waals surface area contributed by atoms with Gasteiger partial charge in [-0.1, -0.05) is 88.4 Å².